The predicted octanol–water partition coefficient (Wildman–Crippen LogP) is -0.703. The van der Waals surface area contributed by atoms with Gasteiger partial charge in [0, 0.05) is 0 Å². The van der Waals surface area contributed by atoms with E-state index in [0.717, 1.165) is 10.0 Å². The summed E-state index contributed by atoms with van der Waals surface area (Å²) < 4.78 is 11.3. The quantitative estimate of drug-likeness (QED) is 0.579. The zero-order valence-corrected chi connectivity index (χ0v) is 12.1. The molecule has 0 fully saturated rings. The summed E-state index contributed by atoms with van der Waals surface area (Å²) in [6.07, 6.45) is -0.733. The molecule has 1 aromatic carbocycles. The van der Waals surface area contributed by atoms with Gasteiger partial charge in [0.25, 0.3) is 0 Å². The molecule has 0 bridgehead atoms. The van der Waals surface area contributed by atoms with E-state index in [2.05, 4.69) is 0 Å². The topological polar surface area (TPSA) is 79.2 Å². The summed E-state index contributed by atoms with van der Waals surface area (Å²) >= 11 is -0.0855. The molecule has 0 unspecified atom stereocenters. The van der Waals surface area contributed by atoms with Crippen LogP contribution in [0.1, 0.15) is 5.56 Å². The van der Waals surface area contributed by atoms with Crippen molar-refractivity contribution >= 4 is 19.4 Å². The first kappa shape index (κ1) is 15.3. The zero-order chi connectivity index (χ0) is 13.5. The number of methoxy groups -OCH3 is 2. The van der Waals surface area contributed by atoms with Crippen molar-refractivity contribution in [2.75, 3.05) is 20.8 Å². The molecule has 18 heavy (non-hydrogen) atoms. The molecule has 0 amide bonds. The van der Waals surface area contributed by atoms with Crippen molar-refractivity contribution in [2.24, 2.45) is 0 Å². The normalized spacial score (nSPS) is 12.3. The van der Waals surface area contributed by atoms with Crippen LogP contribution in [0.4, 0.5) is 0 Å². The summed E-state index contributed by atoms with van der Waals surface area (Å²) in [7, 11) is 3.11. The van der Waals surface area contributed by atoms with Gasteiger partial charge in [0.15, 0.2) is 0 Å². The Balaban J connectivity index is 2.99. The Kier molecular flexibility index (Phi) is 6.46. The van der Waals surface area contributed by atoms with Gasteiger partial charge in [-0.15, -0.1) is 0 Å². The van der Waals surface area contributed by atoms with E-state index < -0.39 is 6.10 Å². The molecule has 0 heterocycles. The second kappa shape index (κ2) is 7.61. The average molecular weight is 321 g/mol. The van der Waals surface area contributed by atoms with E-state index in [0.29, 0.717) is 16.8 Å². The molecule has 5 nitrogen and oxygen atoms in total. The van der Waals surface area contributed by atoms with Gasteiger partial charge in [-0.05, 0) is 0 Å². The van der Waals surface area contributed by atoms with E-state index in [1.165, 1.54) is 0 Å². The first-order valence-electron chi connectivity index (χ1n) is 5.43. The Labute approximate surface area is 113 Å². The fourth-order valence-electron chi connectivity index (χ4n) is 1.41. The van der Waals surface area contributed by atoms with Crippen LogP contribution >= 0.6 is 0 Å². The average Bonchev–Trinajstić information content (AvgIpc) is 2.43. The van der Waals surface area contributed by atoms with Gasteiger partial charge >= 0.3 is 112 Å². The molecule has 0 aliphatic carbocycles. The Bertz CT molecular complexity index is 358. The summed E-state index contributed by atoms with van der Waals surface area (Å²) in [5, 5.41) is 28.0. The van der Waals surface area contributed by atoms with E-state index in [-0.39, 0.29) is 28.2 Å². The summed E-state index contributed by atoms with van der Waals surface area (Å²) in [6.45, 7) is -0.367. The van der Waals surface area contributed by atoms with Crippen molar-refractivity contribution in [3.63, 3.8) is 0 Å². The van der Waals surface area contributed by atoms with Crippen LogP contribution < -0.4 is 13.9 Å². The van der Waals surface area contributed by atoms with Gasteiger partial charge in [-0.3, -0.25) is 0 Å². The fraction of sp³-hybridized carbons (Fsp3) is 0.500. The van der Waals surface area contributed by atoms with Gasteiger partial charge in [-0.1, -0.05) is 0 Å². The second-order valence-electron chi connectivity index (χ2n) is 3.62. The molecule has 102 valence electrons. The Morgan fingerprint density at radius 2 is 1.94 bits per heavy atom. The van der Waals surface area contributed by atoms with Gasteiger partial charge in [-0.2, -0.15) is 0 Å². The van der Waals surface area contributed by atoms with E-state index in [1.54, 1.807) is 26.4 Å². The molecule has 1 atom stereocenters. The fourth-order valence-corrected chi connectivity index (χ4v) is 3.63. The molecular formula is C12H18O5Se. The van der Waals surface area contributed by atoms with E-state index in [4.69, 9.17) is 14.6 Å². The number of aliphatic hydroxyl groups excluding tert-OH is 3. The molecule has 3 N–H and O–H groups in total. The SMILES string of the molecule is COc1cc(CO)c([Se]C[C@@H](O)CO)c(OC)c1. The van der Waals surface area contributed by atoms with E-state index in [1.807, 2.05) is 0 Å². The monoisotopic (exact) mass is 322 g/mol. The van der Waals surface area contributed by atoms with Crippen molar-refractivity contribution in [1.29, 1.82) is 0 Å². The summed E-state index contributed by atoms with van der Waals surface area (Å²) in [5.41, 5.74) is 0.733. The third-order valence-electron chi connectivity index (χ3n) is 2.36. The van der Waals surface area contributed by atoms with Crippen molar-refractivity contribution in [3.8, 4) is 11.5 Å². The van der Waals surface area contributed by atoms with Crippen LogP contribution in [0.2, 0.25) is 5.32 Å². The molecule has 1 aromatic rings. The first-order valence-corrected chi connectivity index (χ1v) is 7.50. The van der Waals surface area contributed by atoms with Gasteiger partial charge in [-0.25, -0.2) is 0 Å². The van der Waals surface area contributed by atoms with Gasteiger partial charge in [0.1, 0.15) is 0 Å². The van der Waals surface area contributed by atoms with Crippen LogP contribution in [0.3, 0.4) is 0 Å². The number of hydrogen-bond acceptors (Lipinski definition) is 5. The number of aliphatic hydroxyl groups is 3. The van der Waals surface area contributed by atoms with Gasteiger partial charge in [0.05, 0.1) is 0 Å². The second-order valence-corrected chi connectivity index (χ2v) is 5.78. The third kappa shape index (κ3) is 3.86. The number of benzene rings is 1. The van der Waals surface area contributed by atoms with Crippen LogP contribution in [0.25, 0.3) is 0 Å². The van der Waals surface area contributed by atoms with Crippen LogP contribution in [0, 0.1) is 0 Å². The molecular weight excluding hydrogens is 303 g/mol. The molecule has 6 heteroatoms. The summed E-state index contributed by atoms with van der Waals surface area (Å²) in [5.74, 6) is 1.27. The van der Waals surface area contributed by atoms with Crippen LogP contribution in [0.5, 0.6) is 11.5 Å². The van der Waals surface area contributed by atoms with Crippen molar-refractivity contribution in [1.82, 2.24) is 0 Å². The molecule has 0 spiro atoms. The summed E-state index contributed by atoms with van der Waals surface area (Å²) in [4.78, 5) is 0. The Morgan fingerprint density at radius 3 is 2.44 bits per heavy atom. The maximum atomic E-state index is 9.38. The zero-order valence-electron chi connectivity index (χ0n) is 10.4. The van der Waals surface area contributed by atoms with Crippen molar-refractivity contribution in [3.05, 3.63) is 17.7 Å². The molecule has 0 saturated heterocycles. The molecule has 0 aromatic heterocycles. The summed E-state index contributed by atoms with van der Waals surface area (Å²) in [6, 6.07) is 3.51. The van der Waals surface area contributed by atoms with Crippen molar-refractivity contribution < 1.29 is 24.8 Å². The third-order valence-corrected chi connectivity index (χ3v) is 5.10. The maximum absolute atomic E-state index is 9.38. The minimum absolute atomic E-state index is 0.0855. The van der Waals surface area contributed by atoms with E-state index in [9.17, 15) is 10.2 Å². The van der Waals surface area contributed by atoms with Crippen LogP contribution in [-0.2, 0) is 6.61 Å². The van der Waals surface area contributed by atoms with Crippen molar-refractivity contribution in [2.45, 2.75) is 18.0 Å². The van der Waals surface area contributed by atoms with Gasteiger partial charge in [0.2, 0.25) is 0 Å². The molecule has 0 saturated carbocycles. The molecule has 0 aliphatic heterocycles. The minimum atomic E-state index is -0.733. The Morgan fingerprint density at radius 1 is 1.22 bits per heavy atom. The number of ether oxygens (including phenoxy) is 2. The Hall–Kier alpha value is -0.781. The van der Waals surface area contributed by atoms with Crippen LogP contribution in [-0.4, -0.2) is 57.2 Å². The number of hydrogen-bond donors (Lipinski definition) is 3. The molecule has 0 radical (unpaired) electrons. The first-order chi connectivity index (χ1) is 8.65. The van der Waals surface area contributed by atoms with Gasteiger partial charge < -0.3 is 0 Å². The molecule has 0 aliphatic rings. The predicted molar refractivity (Wildman–Crippen MR) is 68.8 cm³/mol. The van der Waals surface area contributed by atoms with E-state index >= 15 is 0 Å². The number of rotatable bonds is 7. The van der Waals surface area contributed by atoms with Crippen LogP contribution in [0.15, 0.2) is 12.1 Å². The standard InChI is InChI=1S/C12H18O5Se/c1-16-10-3-8(5-13)12(11(4-10)17-2)18-7-9(15)6-14/h3-4,9,13-15H,5-7H2,1-2H3/t9-/m0/s1. The molecule has 1 rings (SSSR count).